The highest BCUT2D eigenvalue weighted by Crippen LogP contribution is 2.29. The van der Waals surface area contributed by atoms with Crippen molar-refractivity contribution < 1.29 is 9.53 Å². The van der Waals surface area contributed by atoms with E-state index >= 15 is 0 Å². The number of aromatic nitrogens is 5. The van der Waals surface area contributed by atoms with Gasteiger partial charge in [0.2, 0.25) is 0 Å². The van der Waals surface area contributed by atoms with Crippen molar-refractivity contribution in [2.75, 3.05) is 49.6 Å². The van der Waals surface area contributed by atoms with E-state index in [2.05, 4.69) is 25.1 Å². The Morgan fingerprint density at radius 2 is 1.79 bits per heavy atom. The normalized spacial score (nSPS) is 17.0. The number of hydrogen-bond donors (Lipinski definition) is 1. The van der Waals surface area contributed by atoms with Crippen LogP contribution >= 0.6 is 0 Å². The largest absolute Gasteiger partial charge is 0.378 e. The molecular weight excluding hydrogens is 596 g/mol. The quantitative estimate of drug-likeness (QED) is 0.270. The maximum atomic E-state index is 13.7. The number of hydrogen-bond acceptors (Lipinski definition) is 9. The number of aryl methyl sites for hydroxylation is 3. The molecule has 0 unspecified atom stereocenters. The Labute approximate surface area is 270 Å². The lowest BCUT2D eigenvalue weighted by Gasteiger charge is -2.43. The zero-order valence-electron chi connectivity index (χ0n) is 26.3. The summed E-state index contributed by atoms with van der Waals surface area (Å²) in [7, 11) is 1.67. The van der Waals surface area contributed by atoms with Crippen LogP contribution in [0.4, 0.5) is 17.2 Å². The Morgan fingerprint density at radius 1 is 0.957 bits per heavy atom. The fourth-order valence-electron chi connectivity index (χ4n) is 7.08. The van der Waals surface area contributed by atoms with Gasteiger partial charge in [-0.25, -0.2) is 9.97 Å². The van der Waals surface area contributed by atoms with Crippen LogP contribution in [0.3, 0.4) is 0 Å². The summed E-state index contributed by atoms with van der Waals surface area (Å²) in [5.41, 5.74) is 5.27. The Morgan fingerprint density at radius 3 is 2.53 bits per heavy atom. The van der Waals surface area contributed by atoms with Crippen LogP contribution < -0.4 is 21.3 Å². The molecule has 5 aromatic rings. The Kier molecular flexibility index (Phi) is 7.45. The zero-order chi connectivity index (χ0) is 32.1. The van der Waals surface area contributed by atoms with Gasteiger partial charge >= 0.3 is 0 Å². The molecule has 0 atom stereocenters. The van der Waals surface area contributed by atoms with Gasteiger partial charge in [-0.1, -0.05) is 0 Å². The van der Waals surface area contributed by atoms with Gasteiger partial charge in [-0.3, -0.25) is 23.9 Å². The van der Waals surface area contributed by atoms with E-state index in [1.165, 1.54) is 20.4 Å². The van der Waals surface area contributed by atoms with Gasteiger partial charge in [0, 0.05) is 69.3 Å². The van der Waals surface area contributed by atoms with Gasteiger partial charge in [0.05, 0.1) is 36.7 Å². The molecule has 2 aliphatic heterocycles. The fourth-order valence-corrected chi connectivity index (χ4v) is 7.08. The van der Waals surface area contributed by atoms with Crippen molar-refractivity contribution >= 4 is 29.0 Å². The number of ether oxygens (including phenoxy) is 1. The van der Waals surface area contributed by atoms with E-state index in [1.54, 1.807) is 37.8 Å². The molecule has 0 spiro atoms. The molecule has 0 saturated carbocycles. The molecule has 240 valence electrons. The molecule has 0 bridgehead atoms. The molecule has 12 heteroatoms. The molecule has 5 aromatic heterocycles. The number of carbonyl (C=O) groups excluding carboxylic acids is 1. The van der Waals surface area contributed by atoms with Crippen LogP contribution in [0.25, 0.3) is 22.5 Å². The van der Waals surface area contributed by atoms with Gasteiger partial charge in [0.1, 0.15) is 17.0 Å². The predicted octanol–water partition coefficient (Wildman–Crippen LogP) is 3.20. The average molecular weight is 633 g/mol. The standard InChI is InChI=1S/C35H36N8O4/c1-39-19-24(16-29(34(39)45)38-32-7-6-25(18-37-32)40-10-12-41(13-11-40)26-21-47-22-26)27-8-9-36-33(28(27)20-44)43-15-14-42-30-5-3-2-4-23(30)17-31(42)35(43)46/h6-9,14-20,26H,2-5,10-13,21-22H2,1H3,(H,37,38). The van der Waals surface area contributed by atoms with Crippen LogP contribution in [0, 0.1) is 0 Å². The molecule has 0 radical (unpaired) electrons. The number of carbonyl (C=O) groups is 1. The number of fused-ring (bicyclic) bond motifs is 3. The first-order chi connectivity index (χ1) is 23.0. The molecule has 2 saturated heterocycles. The van der Waals surface area contributed by atoms with E-state index in [4.69, 9.17) is 4.74 Å². The maximum absolute atomic E-state index is 13.7. The van der Waals surface area contributed by atoms with Crippen molar-refractivity contribution in [3.05, 3.63) is 98.8 Å². The van der Waals surface area contributed by atoms with Crippen LogP contribution in [0.5, 0.6) is 0 Å². The highest BCUT2D eigenvalue weighted by molar-refractivity contribution is 5.91. The first-order valence-corrected chi connectivity index (χ1v) is 16.2. The smallest absolute Gasteiger partial charge is 0.280 e. The van der Waals surface area contributed by atoms with Gasteiger partial charge in [0.25, 0.3) is 11.1 Å². The third-order valence-electron chi connectivity index (χ3n) is 9.78. The van der Waals surface area contributed by atoms with E-state index in [0.29, 0.717) is 34.2 Å². The van der Waals surface area contributed by atoms with E-state index in [1.807, 2.05) is 35.0 Å². The summed E-state index contributed by atoms with van der Waals surface area (Å²) in [6.07, 6.45) is 13.5. The molecule has 0 aromatic carbocycles. The summed E-state index contributed by atoms with van der Waals surface area (Å²) < 4.78 is 10.2. The summed E-state index contributed by atoms with van der Waals surface area (Å²) in [6, 6.07) is 9.83. The van der Waals surface area contributed by atoms with Crippen LogP contribution in [0.2, 0.25) is 0 Å². The van der Waals surface area contributed by atoms with E-state index in [0.717, 1.165) is 77.0 Å². The number of anilines is 3. The second kappa shape index (κ2) is 11.9. The minimum absolute atomic E-state index is 0.234. The molecule has 8 rings (SSSR count). The molecule has 3 aliphatic rings. The number of nitrogens with zero attached hydrogens (tertiary/aromatic N) is 7. The van der Waals surface area contributed by atoms with Gasteiger partial charge in [0.15, 0.2) is 12.1 Å². The summed E-state index contributed by atoms with van der Waals surface area (Å²) in [6.45, 7) is 5.49. The third-order valence-corrected chi connectivity index (χ3v) is 9.78. The minimum atomic E-state index is -0.239. The number of aldehydes is 1. The minimum Gasteiger partial charge on any atom is -0.378 e. The molecule has 47 heavy (non-hydrogen) atoms. The van der Waals surface area contributed by atoms with Gasteiger partial charge < -0.3 is 23.9 Å². The van der Waals surface area contributed by atoms with Crippen molar-refractivity contribution in [2.24, 2.45) is 7.05 Å². The number of piperazine rings is 1. The SMILES string of the molecule is Cn1cc(-c2ccnc(-n3ccn4c5c(cc4c3=O)CCCC5)c2C=O)cc(Nc2ccc(N3CCN(C4COC4)CC3)cn2)c1=O. The first-order valence-electron chi connectivity index (χ1n) is 16.2. The number of rotatable bonds is 7. The average Bonchev–Trinajstić information content (AvgIpc) is 3.46. The Bertz CT molecular complexity index is 2100. The summed E-state index contributed by atoms with van der Waals surface area (Å²) >= 11 is 0. The van der Waals surface area contributed by atoms with Crippen molar-refractivity contribution in [1.29, 1.82) is 0 Å². The second-order valence-electron chi connectivity index (χ2n) is 12.6. The number of pyridine rings is 3. The summed E-state index contributed by atoms with van der Waals surface area (Å²) in [4.78, 5) is 53.4. The monoisotopic (exact) mass is 632 g/mol. The van der Waals surface area contributed by atoms with Crippen molar-refractivity contribution in [3.63, 3.8) is 0 Å². The number of nitrogens with one attached hydrogen (secondary N) is 1. The van der Waals surface area contributed by atoms with Gasteiger partial charge in [-0.2, -0.15) is 0 Å². The lowest BCUT2D eigenvalue weighted by molar-refractivity contribution is -0.0660. The molecule has 0 amide bonds. The van der Waals surface area contributed by atoms with E-state index < -0.39 is 0 Å². The van der Waals surface area contributed by atoms with Gasteiger partial charge in [-0.15, -0.1) is 0 Å². The molecule has 1 aliphatic carbocycles. The Hall–Kier alpha value is -5.07. The lowest BCUT2D eigenvalue weighted by atomic mass is 9.98. The summed E-state index contributed by atoms with van der Waals surface area (Å²) in [5, 5.41) is 3.18. The van der Waals surface area contributed by atoms with Crippen molar-refractivity contribution in [1.82, 2.24) is 28.4 Å². The fraction of sp³-hybridized carbons (Fsp3) is 0.343. The molecule has 12 nitrogen and oxygen atoms in total. The summed E-state index contributed by atoms with van der Waals surface area (Å²) in [5.74, 6) is 0.778. The lowest BCUT2D eigenvalue weighted by Crippen LogP contribution is -2.56. The predicted molar refractivity (Wildman–Crippen MR) is 179 cm³/mol. The second-order valence-corrected chi connectivity index (χ2v) is 12.6. The zero-order valence-corrected chi connectivity index (χ0v) is 26.3. The van der Waals surface area contributed by atoms with Crippen molar-refractivity contribution in [2.45, 2.75) is 31.7 Å². The molecular formula is C35H36N8O4. The van der Waals surface area contributed by atoms with Crippen molar-refractivity contribution in [3.8, 4) is 16.9 Å². The Balaban J connectivity index is 1.08. The highest BCUT2D eigenvalue weighted by atomic mass is 16.5. The van der Waals surface area contributed by atoms with Crippen LogP contribution in [-0.4, -0.2) is 80.1 Å². The van der Waals surface area contributed by atoms with Crippen LogP contribution in [0.15, 0.2) is 70.9 Å². The topological polar surface area (TPSA) is 119 Å². The van der Waals surface area contributed by atoms with E-state index in [-0.39, 0.29) is 22.5 Å². The van der Waals surface area contributed by atoms with Crippen LogP contribution in [0.1, 0.15) is 34.5 Å². The molecule has 2 fully saturated rings. The molecule has 1 N–H and O–H groups in total. The highest BCUT2D eigenvalue weighted by Gasteiger charge is 2.29. The van der Waals surface area contributed by atoms with Gasteiger partial charge in [-0.05, 0) is 67.1 Å². The first kappa shape index (κ1) is 29.3. The molecule has 7 heterocycles. The maximum Gasteiger partial charge on any atom is 0.280 e. The van der Waals surface area contributed by atoms with E-state index in [9.17, 15) is 14.4 Å². The van der Waals surface area contributed by atoms with Crippen LogP contribution in [-0.2, 0) is 24.6 Å². The third kappa shape index (κ3) is 5.23.